The summed E-state index contributed by atoms with van der Waals surface area (Å²) in [5.74, 6) is -1.04. The van der Waals surface area contributed by atoms with E-state index >= 15 is 0 Å². The minimum atomic E-state index is -1.12. The van der Waals surface area contributed by atoms with Crippen molar-refractivity contribution >= 4 is 46.2 Å². The van der Waals surface area contributed by atoms with Gasteiger partial charge in [0.15, 0.2) is 11.9 Å². The third-order valence-corrected chi connectivity index (χ3v) is 7.75. The highest BCUT2D eigenvalue weighted by atomic mass is 16.6. The molecule has 2 aromatic carbocycles. The zero-order valence-corrected chi connectivity index (χ0v) is 24.3. The molecule has 12 nitrogen and oxygen atoms in total. The minimum Gasteiger partial charge on any atom is -0.496 e. The second-order valence-corrected chi connectivity index (χ2v) is 11.2. The number of carbonyl (C=O) groups is 4. The van der Waals surface area contributed by atoms with Crippen LogP contribution >= 0.6 is 0 Å². The summed E-state index contributed by atoms with van der Waals surface area (Å²) < 4.78 is 11.0. The van der Waals surface area contributed by atoms with Crippen molar-refractivity contribution in [3.8, 4) is 5.75 Å². The Labute approximate surface area is 249 Å². The summed E-state index contributed by atoms with van der Waals surface area (Å²) in [7, 11) is 1.55. The number of H-pyrrole nitrogens is 1. The number of para-hydroxylation sites is 1. The lowest BCUT2D eigenvalue weighted by Crippen LogP contribution is -2.55. The van der Waals surface area contributed by atoms with E-state index in [9.17, 15) is 19.2 Å². The molecule has 3 aromatic rings. The number of nitrogens with zero attached hydrogens (tertiary/aromatic N) is 1. The van der Waals surface area contributed by atoms with E-state index in [1.807, 2.05) is 26.0 Å². The lowest BCUT2D eigenvalue weighted by molar-refractivity contribution is -0.126. The molecule has 0 bridgehead atoms. The van der Waals surface area contributed by atoms with Crippen LogP contribution in [-0.2, 0) is 14.3 Å². The van der Waals surface area contributed by atoms with Crippen molar-refractivity contribution in [1.29, 1.82) is 5.41 Å². The molecule has 0 saturated carbocycles. The topological polar surface area (TPSA) is 166 Å². The van der Waals surface area contributed by atoms with Gasteiger partial charge in [-0.25, -0.2) is 9.69 Å². The van der Waals surface area contributed by atoms with E-state index in [0.717, 1.165) is 10.3 Å². The van der Waals surface area contributed by atoms with Crippen LogP contribution in [0.1, 0.15) is 43.6 Å². The fraction of sp³-hybridized carbons (Fsp3) is 0.387. The van der Waals surface area contributed by atoms with Gasteiger partial charge in [0, 0.05) is 23.4 Å². The maximum atomic E-state index is 13.8. The van der Waals surface area contributed by atoms with Gasteiger partial charge in [-0.05, 0) is 55.5 Å². The molecule has 4 amide bonds. The summed E-state index contributed by atoms with van der Waals surface area (Å²) >= 11 is 0. The van der Waals surface area contributed by atoms with Crippen LogP contribution < -0.4 is 25.6 Å². The van der Waals surface area contributed by atoms with Crippen molar-refractivity contribution in [2.45, 2.75) is 51.3 Å². The first-order valence-corrected chi connectivity index (χ1v) is 14.3. The Bertz CT molecular complexity index is 1540. The van der Waals surface area contributed by atoms with E-state index < -0.39 is 42.0 Å². The molecule has 0 aliphatic carbocycles. The van der Waals surface area contributed by atoms with Gasteiger partial charge in [-0.15, -0.1) is 0 Å². The number of nitrogens with one attached hydrogen (secondary N) is 5. The number of fused-ring (bicyclic) bond motifs is 1. The molecule has 43 heavy (non-hydrogen) atoms. The molecule has 0 spiro atoms. The number of amidine groups is 1. The fourth-order valence-electron chi connectivity index (χ4n) is 5.62. The van der Waals surface area contributed by atoms with E-state index in [1.165, 1.54) is 0 Å². The second-order valence-electron chi connectivity index (χ2n) is 11.2. The van der Waals surface area contributed by atoms with Crippen LogP contribution in [0, 0.1) is 17.2 Å². The summed E-state index contributed by atoms with van der Waals surface area (Å²) in [6.07, 6.45) is -0.822. The Morgan fingerprint density at radius 1 is 1.12 bits per heavy atom. The standard InChI is InChI=1S/C31H36N6O6/c1-17(2)14-23(36-30(40)24-16-20-21(34-24)10-7-11-25(20)42-3)29(39)35-22(15-18-12-13-33-28(18)38)26-27(32)37(31(41)43-26)19-8-5-4-6-9-19/h4-11,16-18,22-23,26,32,34H,12-15H2,1-3H3,(H,33,38)(H,35,39)(H,36,40). The first kappa shape index (κ1) is 29.6. The smallest absolute Gasteiger partial charge is 0.420 e. The molecule has 1 aromatic heterocycles. The maximum Gasteiger partial charge on any atom is 0.420 e. The number of rotatable bonds is 11. The van der Waals surface area contributed by atoms with Crippen LogP contribution in [0.5, 0.6) is 5.75 Å². The van der Waals surface area contributed by atoms with Crippen molar-refractivity contribution in [3.63, 3.8) is 0 Å². The minimum absolute atomic E-state index is 0.0501. The summed E-state index contributed by atoms with van der Waals surface area (Å²) in [5, 5.41) is 18.1. The van der Waals surface area contributed by atoms with Gasteiger partial charge in [0.05, 0.1) is 18.8 Å². The van der Waals surface area contributed by atoms with Gasteiger partial charge in [0.1, 0.15) is 17.5 Å². The number of carbonyl (C=O) groups excluding carboxylic acids is 4. The highest BCUT2D eigenvalue weighted by Crippen LogP contribution is 2.29. The van der Waals surface area contributed by atoms with Crippen molar-refractivity contribution in [1.82, 2.24) is 20.9 Å². The summed E-state index contributed by atoms with van der Waals surface area (Å²) in [5.41, 5.74) is 1.45. The fourth-order valence-corrected chi connectivity index (χ4v) is 5.62. The molecular weight excluding hydrogens is 552 g/mol. The summed E-state index contributed by atoms with van der Waals surface area (Å²) in [6, 6.07) is 13.9. The van der Waals surface area contributed by atoms with E-state index in [2.05, 4.69) is 20.9 Å². The number of ether oxygens (including phenoxy) is 2. The molecular formula is C31H36N6O6. The average Bonchev–Trinajstić information content (AvgIpc) is 3.68. The van der Waals surface area contributed by atoms with E-state index in [1.54, 1.807) is 49.6 Å². The number of amides is 4. The molecule has 2 aliphatic rings. The molecule has 2 fully saturated rings. The van der Waals surface area contributed by atoms with E-state index in [4.69, 9.17) is 14.9 Å². The monoisotopic (exact) mass is 588 g/mol. The number of hydrogen-bond acceptors (Lipinski definition) is 7. The van der Waals surface area contributed by atoms with Crippen LogP contribution in [0.15, 0.2) is 54.6 Å². The number of hydrogen-bond donors (Lipinski definition) is 5. The number of anilines is 1. The van der Waals surface area contributed by atoms with Crippen LogP contribution in [0.25, 0.3) is 10.9 Å². The maximum absolute atomic E-state index is 13.8. The predicted molar refractivity (Wildman–Crippen MR) is 160 cm³/mol. The highest BCUT2D eigenvalue weighted by Gasteiger charge is 2.45. The van der Waals surface area contributed by atoms with Crippen LogP contribution in [-0.4, -0.2) is 66.5 Å². The average molecular weight is 589 g/mol. The second kappa shape index (κ2) is 12.6. The Morgan fingerprint density at radius 3 is 2.56 bits per heavy atom. The predicted octanol–water partition coefficient (Wildman–Crippen LogP) is 3.33. The highest BCUT2D eigenvalue weighted by molar-refractivity contribution is 6.19. The van der Waals surface area contributed by atoms with Gasteiger partial charge in [-0.1, -0.05) is 38.1 Å². The lowest BCUT2D eigenvalue weighted by Gasteiger charge is -2.28. The first-order valence-electron chi connectivity index (χ1n) is 14.3. The van der Waals surface area contributed by atoms with Crippen molar-refractivity contribution in [2.75, 3.05) is 18.6 Å². The number of aromatic nitrogens is 1. The van der Waals surface area contributed by atoms with Gasteiger partial charge in [-0.3, -0.25) is 19.8 Å². The zero-order valence-electron chi connectivity index (χ0n) is 24.3. The van der Waals surface area contributed by atoms with Crippen molar-refractivity contribution in [3.05, 3.63) is 60.3 Å². The lowest BCUT2D eigenvalue weighted by atomic mass is 9.93. The van der Waals surface area contributed by atoms with Crippen molar-refractivity contribution in [2.24, 2.45) is 11.8 Å². The Balaban J connectivity index is 1.37. The molecule has 0 radical (unpaired) electrons. The summed E-state index contributed by atoms with van der Waals surface area (Å²) in [4.78, 5) is 56.7. The van der Waals surface area contributed by atoms with Gasteiger partial charge in [0.25, 0.3) is 5.91 Å². The van der Waals surface area contributed by atoms with Crippen LogP contribution in [0.3, 0.4) is 0 Å². The molecule has 3 heterocycles. The molecule has 5 rings (SSSR count). The van der Waals surface area contributed by atoms with Crippen LogP contribution in [0.4, 0.5) is 10.5 Å². The molecule has 226 valence electrons. The molecule has 12 heteroatoms. The molecule has 2 saturated heterocycles. The summed E-state index contributed by atoms with van der Waals surface area (Å²) in [6.45, 7) is 4.38. The quantitative estimate of drug-likeness (QED) is 0.230. The van der Waals surface area contributed by atoms with Crippen LogP contribution in [0.2, 0.25) is 0 Å². The van der Waals surface area contributed by atoms with Gasteiger partial charge in [0.2, 0.25) is 11.8 Å². The number of methoxy groups -OCH3 is 1. The number of cyclic esters (lactones) is 1. The number of benzene rings is 2. The first-order chi connectivity index (χ1) is 20.7. The normalized spacial score (nSPS) is 19.7. The molecule has 2 aliphatic heterocycles. The van der Waals surface area contributed by atoms with Gasteiger partial charge >= 0.3 is 6.09 Å². The van der Waals surface area contributed by atoms with E-state index in [0.29, 0.717) is 36.3 Å². The zero-order chi connectivity index (χ0) is 30.7. The third-order valence-electron chi connectivity index (χ3n) is 7.75. The van der Waals surface area contributed by atoms with Gasteiger partial charge < -0.3 is 30.4 Å². The molecule has 4 atom stereocenters. The third kappa shape index (κ3) is 6.32. The van der Waals surface area contributed by atoms with Crippen molar-refractivity contribution < 1.29 is 28.7 Å². The Hall–Kier alpha value is -4.87. The Morgan fingerprint density at radius 2 is 1.88 bits per heavy atom. The largest absolute Gasteiger partial charge is 0.496 e. The SMILES string of the molecule is COc1cccc2[nH]c(C(=O)NC(CC(C)C)C(=O)NC(CC3CCNC3=O)C3OC(=O)N(c4ccccc4)C3=N)cc12. The number of aromatic amines is 1. The molecule has 4 unspecified atom stereocenters. The molecule has 5 N–H and O–H groups in total. The van der Waals surface area contributed by atoms with Gasteiger partial charge in [-0.2, -0.15) is 0 Å². The van der Waals surface area contributed by atoms with E-state index in [-0.39, 0.29) is 29.8 Å². The Kier molecular flexibility index (Phi) is 8.65.